The van der Waals surface area contributed by atoms with Crippen LogP contribution in [0.5, 0.6) is 0 Å². The van der Waals surface area contributed by atoms with Crippen molar-refractivity contribution in [2.75, 3.05) is 23.3 Å². The molecule has 1 N–H and O–H groups in total. The molecule has 10 heteroatoms. The van der Waals surface area contributed by atoms with Crippen LogP contribution in [0, 0.1) is 36.2 Å². The number of nitrogens with one attached hydrogen (secondary N) is 1. The molecule has 184 valence electrons. The fourth-order valence-electron chi connectivity index (χ4n) is 6.09. The lowest BCUT2D eigenvalue weighted by molar-refractivity contribution is 0.374. The molecule has 3 aromatic rings. The van der Waals surface area contributed by atoms with Gasteiger partial charge in [-0.25, -0.2) is 27.8 Å². The minimum absolute atomic E-state index is 0.138. The molecule has 7 nitrogen and oxygen atoms in total. The molecular weight excluding hydrogens is 455 g/mol. The predicted molar refractivity (Wildman–Crippen MR) is 125 cm³/mol. The average molecular weight is 484 g/mol. The molecule has 2 fully saturated rings. The maximum Gasteiger partial charge on any atom is 0.242 e. The zero-order chi connectivity index (χ0) is 24.1. The van der Waals surface area contributed by atoms with Crippen LogP contribution >= 0.6 is 0 Å². The fraction of sp³-hybridized carbons (Fsp3) is 0.520. The molecule has 2 aromatic heterocycles. The summed E-state index contributed by atoms with van der Waals surface area (Å²) in [6.07, 6.45) is 6.19. The zero-order valence-corrected chi connectivity index (χ0v) is 19.6. The summed E-state index contributed by atoms with van der Waals surface area (Å²) in [5, 5.41) is 8.29. The summed E-state index contributed by atoms with van der Waals surface area (Å²) in [6, 6.07) is 4.60. The molecule has 3 aliphatic rings. The summed E-state index contributed by atoms with van der Waals surface area (Å²) in [4.78, 5) is 15.8. The first-order chi connectivity index (χ1) is 17.0. The van der Waals surface area contributed by atoms with Crippen molar-refractivity contribution in [3.8, 4) is 0 Å². The molecule has 4 heterocycles. The van der Waals surface area contributed by atoms with Crippen LogP contribution < -0.4 is 10.2 Å². The van der Waals surface area contributed by atoms with Crippen LogP contribution in [0.1, 0.15) is 55.1 Å². The van der Waals surface area contributed by atoms with Gasteiger partial charge in [0.15, 0.2) is 17.5 Å². The minimum Gasteiger partial charge on any atom is -0.356 e. The number of halogens is 3. The average Bonchev–Trinajstić information content (AvgIpc) is 3.25. The SMILES string of the molecule is Cc1cc(N2CC3CCC(C2)C3Nc2nc3n(n2)CCCC[C@H]3c2ccc(F)c(F)c2F)ncn1. The highest BCUT2D eigenvalue weighted by Gasteiger charge is 2.43. The van der Waals surface area contributed by atoms with Crippen molar-refractivity contribution in [1.82, 2.24) is 24.7 Å². The van der Waals surface area contributed by atoms with Crippen LogP contribution in [0.25, 0.3) is 0 Å². The first-order valence-corrected chi connectivity index (χ1v) is 12.4. The summed E-state index contributed by atoms with van der Waals surface area (Å²) in [6.45, 7) is 4.45. The number of fused-ring (bicyclic) bond motifs is 3. The van der Waals surface area contributed by atoms with Gasteiger partial charge in [-0.3, -0.25) is 0 Å². The largest absolute Gasteiger partial charge is 0.356 e. The fourth-order valence-corrected chi connectivity index (χ4v) is 6.09. The molecule has 1 saturated carbocycles. The van der Waals surface area contributed by atoms with E-state index in [1.807, 2.05) is 13.0 Å². The molecule has 1 saturated heterocycles. The van der Waals surface area contributed by atoms with Gasteiger partial charge in [0, 0.05) is 48.9 Å². The number of benzene rings is 1. The molecule has 0 amide bonds. The van der Waals surface area contributed by atoms with Gasteiger partial charge in [-0.2, -0.15) is 4.98 Å². The molecule has 2 unspecified atom stereocenters. The summed E-state index contributed by atoms with van der Waals surface area (Å²) in [5.41, 5.74) is 1.10. The Hall–Kier alpha value is -3.17. The molecule has 1 aromatic carbocycles. The normalized spacial score (nSPS) is 25.9. The van der Waals surface area contributed by atoms with Crippen LogP contribution in [0.2, 0.25) is 0 Å². The Kier molecular flexibility index (Phi) is 5.61. The second-order valence-electron chi connectivity index (χ2n) is 10.0. The molecule has 2 bridgehead atoms. The third kappa shape index (κ3) is 4.02. The number of hydrogen-bond acceptors (Lipinski definition) is 6. The molecule has 0 radical (unpaired) electrons. The molecule has 6 rings (SSSR count). The van der Waals surface area contributed by atoms with Gasteiger partial charge in [0.25, 0.3) is 0 Å². The minimum atomic E-state index is -1.43. The lowest BCUT2D eigenvalue weighted by atomic mass is 9.92. The smallest absolute Gasteiger partial charge is 0.242 e. The van der Waals surface area contributed by atoms with Gasteiger partial charge < -0.3 is 10.2 Å². The predicted octanol–water partition coefficient (Wildman–Crippen LogP) is 4.44. The van der Waals surface area contributed by atoms with Crippen molar-refractivity contribution < 1.29 is 13.2 Å². The van der Waals surface area contributed by atoms with Crippen molar-refractivity contribution in [1.29, 1.82) is 0 Å². The van der Waals surface area contributed by atoms with Gasteiger partial charge in [0.05, 0.1) is 0 Å². The van der Waals surface area contributed by atoms with Crippen molar-refractivity contribution in [3.63, 3.8) is 0 Å². The molecule has 3 atom stereocenters. The maximum absolute atomic E-state index is 14.7. The van der Waals surface area contributed by atoms with Crippen molar-refractivity contribution in [2.45, 2.75) is 57.5 Å². The maximum atomic E-state index is 14.7. The Morgan fingerprint density at radius 3 is 2.54 bits per heavy atom. The van der Waals surface area contributed by atoms with Gasteiger partial charge in [-0.15, -0.1) is 5.10 Å². The Balaban J connectivity index is 1.24. The quantitative estimate of drug-likeness (QED) is 0.554. The molecular formula is C25H28F3N7. The van der Waals surface area contributed by atoms with Gasteiger partial charge in [-0.1, -0.05) is 12.5 Å². The van der Waals surface area contributed by atoms with Crippen LogP contribution in [-0.2, 0) is 6.54 Å². The van der Waals surface area contributed by atoms with E-state index in [9.17, 15) is 13.2 Å². The standard InChI is InChI=1S/C25H28F3N7/c1-14-10-20(30-13-29-14)34-11-15-5-6-16(12-34)23(15)31-25-32-24-18(4-2-3-9-35(24)33-25)17-7-8-19(26)22(28)21(17)27/h7-8,10,13,15-16,18,23H,2-6,9,11-12H2,1H3,(H,31,33)/t15?,16?,18-,23?/m0/s1. The Morgan fingerprint density at radius 2 is 1.77 bits per heavy atom. The Labute approximate surface area is 201 Å². The number of rotatable bonds is 4. The van der Waals surface area contributed by atoms with E-state index in [1.165, 1.54) is 6.07 Å². The second-order valence-corrected chi connectivity index (χ2v) is 10.0. The number of hydrogen-bond donors (Lipinski definition) is 1. The Morgan fingerprint density at radius 1 is 0.971 bits per heavy atom. The Bertz CT molecular complexity index is 1230. The second kappa shape index (κ2) is 8.80. The first kappa shape index (κ1) is 22.3. The highest BCUT2D eigenvalue weighted by Crippen LogP contribution is 2.40. The topological polar surface area (TPSA) is 71.8 Å². The number of anilines is 2. The van der Waals surface area contributed by atoms with Crippen LogP contribution in [-0.4, -0.2) is 43.9 Å². The monoisotopic (exact) mass is 483 g/mol. The summed E-state index contributed by atoms with van der Waals surface area (Å²) in [5.74, 6) is -1.23. The lowest BCUT2D eigenvalue weighted by Gasteiger charge is -2.38. The van der Waals surface area contributed by atoms with E-state index in [0.29, 0.717) is 36.6 Å². The number of piperidine rings is 1. The van der Waals surface area contributed by atoms with Gasteiger partial charge in [0.1, 0.15) is 18.0 Å². The zero-order valence-electron chi connectivity index (χ0n) is 19.6. The van der Waals surface area contributed by atoms with E-state index in [-0.39, 0.29) is 11.6 Å². The van der Waals surface area contributed by atoms with Gasteiger partial charge >= 0.3 is 0 Å². The number of aryl methyl sites for hydroxylation is 2. The highest BCUT2D eigenvalue weighted by molar-refractivity contribution is 5.42. The highest BCUT2D eigenvalue weighted by atomic mass is 19.2. The van der Waals surface area contributed by atoms with Crippen molar-refractivity contribution in [2.24, 2.45) is 11.8 Å². The summed E-state index contributed by atoms with van der Waals surface area (Å²) >= 11 is 0. The molecule has 35 heavy (non-hydrogen) atoms. The van der Waals surface area contributed by atoms with E-state index in [1.54, 1.807) is 11.0 Å². The molecule has 1 aliphatic carbocycles. The van der Waals surface area contributed by atoms with E-state index in [2.05, 4.69) is 20.2 Å². The molecule has 0 spiro atoms. The summed E-state index contributed by atoms with van der Waals surface area (Å²) in [7, 11) is 0. The number of nitrogens with zero attached hydrogens (tertiary/aromatic N) is 6. The molecule has 2 aliphatic heterocycles. The van der Waals surface area contributed by atoms with Gasteiger partial charge in [0.2, 0.25) is 5.95 Å². The lowest BCUT2D eigenvalue weighted by Crippen LogP contribution is -2.48. The van der Waals surface area contributed by atoms with Crippen molar-refractivity contribution in [3.05, 3.63) is 59.1 Å². The van der Waals surface area contributed by atoms with Crippen molar-refractivity contribution >= 4 is 11.8 Å². The summed E-state index contributed by atoms with van der Waals surface area (Å²) < 4.78 is 44.0. The van der Waals surface area contributed by atoms with Gasteiger partial charge in [-0.05, 0) is 50.5 Å². The van der Waals surface area contributed by atoms with Crippen LogP contribution in [0.3, 0.4) is 0 Å². The third-order valence-corrected chi connectivity index (χ3v) is 7.81. The van der Waals surface area contributed by atoms with E-state index in [4.69, 9.17) is 10.1 Å². The first-order valence-electron chi connectivity index (χ1n) is 12.4. The number of aromatic nitrogens is 5. The third-order valence-electron chi connectivity index (χ3n) is 7.81. The van der Waals surface area contributed by atoms with E-state index in [0.717, 1.165) is 56.4 Å². The van der Waals surface area contributed by atoms with E-state index < -0.39 is 23.4 Å². The van der Waals surface area contributed by atoms with Crippen LogP contribution in [0.4, 0.5) is 24.9 Å². The van der Waals surface area contributed by atoms with Crippen LogP contribution in [0.15, 0.2) is 24.5 Å². The van der Waals surface area contributed by atoms with E-state index >= 15 is 0 Å².